The Morgan fingerprint density at radius 1 is 1.22 bits per heavy atom. The van der Waals surface area contributed by atoms with E-state index in [-0.39, 0.29) is 5.69 Å². The van der Waals surface area contributed by atoms with E-state index in [0.29, 0.717) is 12.2 Å². The van der Waals surface area contributed by atoms with E-state index < -0.39 is 4.92 Å². The van der Waals surface area contributed by atoms with Crippen LogP contribution in [0.4, 0.5) is 11.5 Å². The Morgan fingerprint density at radius 2 is 2.04 bits per heavy atom. The van der Waals surface area contributed by atoms with Crippen molar-refractivity contribution < 1.29 is 4.92 Å². The first kappa shape index (κ1) is 16.9. The second-order valence-corrected chi connectivity index (χ2v) is 6.38. The molecule has 0 unspecified atom stereocenters. The van der Waals surface area contributed by atoms with E-state index >= 15 is 0 Å². The largest absolute Gasteiger partial charge is 0.353 e. The van der Waals surface area contributed by atoms with E-state index in [2.05, 4.69) is 26.0 Å². The van der Waals surface area contributed by atoms with Crippen molar-refractivity contribution in [3.05, 3.63) is 58.4 Å². The van der Waals surface area contributed by atoms with E-state index in [1.54, 1.807) is 41.3 Å². The Balaban J connectivity index is 1.47. The van der Waals surface area contributed by atoms with Gasteiger partial charge in [0.1, 0.15) is 11.9 Å². The van der Waals surface area contributed by atoms with Crippen LogP contribution in [0.5, 0.6) is 0 Å². The van der Waals surface area contributed by atoms with Gasteiger partial charge in [-0.2, -0.15) is 10.4 Å². The number of non-ortho nitro benzene ring substituents is 1. The lowest BCUT2D eigenvalue weighted by Gasteiger charge is -2.35. The molecule has 3 heterocycles. The van der Waals surface area contributed by atoms with Gasteiger partial charge in [-0.3, -0.25) is 19.7 Å². The van der Waals surface area contributed by atoms with Crippen molar-refractivity contribution in [3.63, 3.8) is 0 Å². The summed E-state index contributed by atoms with van der Waals surface area (Å²) < 4.78 is 1.79. The van der Waals surface area contributed by atoms with Crippen LogP contribution in [0.25, 0.3) is 10.9 Å². The molecule has 9 heteroatoms. The van der Waals surface area contributed by atoms with Crippen LogP contribution in [0.1, 0.15) is 5.56 Å². The zero-order valence-corrected chi connectivity index (χ0v) is 14.5. The summed E-state index contributed by atoms with van der Waals surface area (Å²) in [6, 6.07) is 10.5. The lowest BCUT2D eigenvalue weighted by molar-refractivity contribution is -0.384. The first-order valence-corrected chi connectivity index (χ1v) is 8.58. The molecule has 0 saturated carbocycles. The number of rotatable bonds is 4. The topological polar surface area (TPSA) is 104 Å². The summed E-state index contributed by atoms with van der Waals surface area (Å²) in [6.45, 7) is 3.65. The van der Waals surface area contributed by atoms with Gasteiger partial charge in [-0.25, -0.2) is 4.98 Å². The average molecular weight is 363 g/mol. The number of fused-ring (bicyclic) bond motifs is 1. The SMILES string of the molecule is N#Cc1cccnc1N1CCN(Cn2ncc3ccc([N+](=O)[O-])cc32)CC1. The van der Waals surface area contributed by atoms with Crippen LogP contribution in [-0.2, 0) is 6.67 Å². The number of benzene rings is 1. The molecule has 3 aromatic rings. The first-order valence-electron chi connectivity index (χ1n) is 8.58. The molecule has 0 aliphatic carbocycles. The number of anilines is 1. The normalized spacial score (nSPS) is 15.0. The highest BCUT2D eigenvalue weighted by Crippen LogP contribution is 2.22. The van der Waals surface area contributed by atoms with Gasteiger partial charge in [-0.05, 0) is 18.2 Å². The molecule has 4 rings (SSSR count). The van der Waals surface area contributed by atoms with Crippen molar-refractivity contribution in [1.29, 1.82) is 5.26 Å². The molecule has 1 aliphatic rings. The maximum Gasteiger partial charge on any atom is 0.271 e. The van der Waals surface area contributed by atoms with Crippen LogP contribution in [0.3, 0.4) is 0 Å². The number of hydrogen-bond donors (Lipinski definition) is 0. The van der Waals surface area contributed by atoms with Crippen LogP contribution in [-0.4, -0.2) is 50.8 Å². The summed E-state index contributed by atoms with van der Waals surface area (Å²) in [5, 5.41) is 25.5. The van der Waals surface area contributed by atoms with Gasteiger partial charge >= 0.3 is 0 Å². The van der Waals surface area contributed by atoms with Crippen molar-refractivity contribution in [2.45, 2.75) is 6.67 Å². The summed E-state index contributed by atoms with van der Waals surface area (Å²) in [5.41, 5.74) is 1.40. The van der Waals surface area contributed by atoms with Crippen molar-refractivity contribution in [2.75, 3.05) is 31.1 Å². The summed E-state index contributed by atoms with van der Waals surface area (Å²) in [5.74, 6) is 0.722. The van der Waals surface area contributed by atoms with E-state index in [0.717, 1.165) is 42.9 Å². The maximum absolute atomic E-state index is 11.0. The van der Waals surface area contributed by atoms with E-state index in [1.165, 1.54) is 6.07 Å². The number of hydrogen-bond acceptors (Lipinski definition) is 7. The quantitative estimate of drug-likeness (QED) is 0.516. The highest BCUT2D eigenvalue weighted by Gasteiger charge is 2.21. The average Bonchev–Trinajstić information content (AvgIpc) is 3.10. The van der Waals surface area contributed by atoms with E-state index in [4.69, 9.17) is 0 Å². The van der Waals surface area contributed by atoms with Crippen molar-refractivity contribution in [3.8, 4) is 6.07 Å². The smallest absolute Gasteiger partial charge is 0.271 e. The van der Waals surface area contributed by atoms with Crippen LogP contribution >= 0.6 is 0 Å². The molecule has 0 bridgehead atoms. The Bertz CT molecular complexity index is 1030. The molecule has 1 saturated heterocycles. The Morgan fingerprint density at radius 3 is 2.78 bits per heavy atom. The maximum atomic E-state index is 11.0. The van der Waals surface area contributed by atoms with Crippen LogP contribution in [0, 0.1) is 21.4 Å². The Labute approximate surface area is 155 Å². The number of nitro benzene ring substituents is 1. The first-order chi connectivity index (χ1) is 13.2. The molecule has 136 valence electrons. The van der Waals surface area contributed by atoms with Gasteiger partial charge in [0.2, 0.25) is 0 Å². The number of aromatic nitrogens is 3. The molecule has 0 atom stereocenters. The summed E-state index contributed by atoms with van der Waals surface area (Å²) in [4.78, 5) is 19.3. The minimum absolute atomic E-state index is 0.0632. The van der Waals surface area contributed by atoms with Gasteiger partial charge in [0, 0.05) is 49.9 Å². The lowest BCUT2D eigenvalue weighted by atomic mass is 10.2. The van der Waals surface area contributed by atoms with Gasteiger partial charge in [0.15, 0.2) is 0 Å². The molecular formula is C18H17N7O2. The highest BCUT2D eigenvalue weighted by molar-refractivity contribution is 5.80. The molecule has 0 N–H and O–H groups in total. The van der Waals surface area contributed by atoms with Crippen molar-refractivity contribution >= 4 is 22.4 Å². The fourth-order valence-corrected chi connectivity index (χ4v) is 3.31. The highest BCUT2D eigenvalue weighted by atomic mass is 16.6. The molecule has 9 nitrogen and oxygen atoms in total. The minimum Gasteiger partial charge on any atom is -0.353 e. The third-order valence-corrected chi connectivity index (χ3v) is 4.75. The van der Waals surface area contributed by atoms with Crippen LogP contribution in [0.2, 0.25) is 0 Å². The molecule has 1 fully saturated rings. The molecular weight excluding hydrogens is 346 g/mol. The van der Waals surface area contributed by atoms with Crippen molar-refractivity contribution in [2.24, 2.45) is 0 Å². The van der Waals surface area contributed by atoms with Gasteiger partial charge in [-0.1, -0.05) is 0 Å². The van der Waals surface area contributed by atoms with Gasteiger partial charge in [0.25, 0.3) is 5.69 Å². The fourth-order valence-electron chi connectivity index (χ4n) is 3.31. The van der Waals surface area contributed by atoms with E-state index in [1.807, 2.05) is 0 Å². The van der Waals surface area contributed by atoms with Gasteiger partial charge in [0.05, 0.1) is 28.9 Å². The summed E-state index contributed by atoms with van der Waals surface area (Å²) in [6.07, 6.45) is 3.42. The third kappa shape index (κ3) is 3.30. The number of nitrogens with zero attached hydrogens (tertiary/aromatic N) is 7. The zero-order chi connectivity index (χ0) is 18.8. The van der Waals surface area contributed by atoms with Gasteiger partial charge < -0.3 is 4.90 Å². The number of pyridine rings is 1. The van der Waals surface area contributed by atoms with Crippen LogP contribution < -0.4 is 4.90 Å². The Hall–Kier alpha value is -3.51. The van der Waals surface area contributed by atoms with E-state index in [9.17, 15) is 15.4 Å². The van der Waals surface area contributed by atoms with Crippen molar-refractivity contribution in [1.82, 2.24) is 19.7 Å². The number of nitriles is 1. The predicted molar refractivity (Wildman–Crippen MR) is 99.1 cm³/mol. The molecule has 1 aliphatic heterocycles. The standard InChI is InChI=1S/C18H17N7O2/c19-11-14-2-1-5-20-18(14)23-8-6-22(7-9-23)13-24-17-10-16(25(26)27)4-3-15(17)12-21-24/h1-5,10,12H,6-9,13H2. The molecule has 0 radical (unpaired) electrons. The van der Waals surface area contributed by atoms with Crippen LogP contribution in [0.15, 0.2) is 42.7 Å². The second-order valence-electron chi connectivity index (χ2n) is 6.38. The molecule has 2 aromatic heterocycles. The molecule has 1 aromatic carbocycles. The third-order valence-electron chi connectivity index (χ3n) is 4.75. The zero-order valence-electron chi connectivity index (χ0n) is 14.5. The fraction of sp³-hybridized carbons (Fsp3) is 0.278. The lowest BCUT2D eigenvalue weighted by Crippen LogP contribution is -2.47. The summed E-state index contributed by atoms with van der Waals surface area (Å²) in [7, 11) is 0. The molecule has 0 spiro atoms. The molecule has 27 heavy (non-hydrogen) atoms. The Kier molecular flexibility index (Phi) is 4.40. The van der Waals surface area contributed by atoms with Gasteiger partial charge in [-0.15, -0.1) is 0 Å². The number of nitro groups is 1. The summed E-state index contributed by atoms with van der Waals surface area (Å²) >= 11 is 0. The number of piperazine rings is 1. The monoisotopic (exact) mass is 363 g/mol. The predicted octanol–water partition coefficient (Wildman–Crippen LogP) is 1.99. The minimum atomic E-state index is -0.394. The second kappa shape index (κ2) is 7.01. The molecule has 0 amide bonds.